The van der Waals surface area contributed by atoms with Gasteiger partial charge in [-0.15, -0.1) is 0 Å². The third-order valence-electron chi connectivity index (χ3n) is 2.31. The zero-order valence-electron chi connectivity index (χ0n) is 8.67. The Balaban J connectivity index is 1.88. The van der Waals surface area contributed by atoms with Crippen LogP contribution in [0.4, 0.5) is 14.6 Å². The lowest BCUT2D eigenvalue weighted by Gasteiger charge is -2.23. The van der Waals surface area contributed by atoms with Crippen molar-refractivity contribution in [3.05, 3.63) is 23.9 Å². The standard InChI is InChI=1S/C10H13F2N3O/c11-7-3-9(12)10(14-4-7)15-6-8-5-13-1-2-16-8/h3-4,8,13H,1-2,5-6H2,(H,14,15). The minimum Gasteiger partial charge on any atom is -0.374 e. The van der Waals surface area contributed by atoms with Gasteiger partial charge < -0.3 is 15.4 Å². The summed E-state index contributed by atoms with van der Waals surface area (Å²) < 4.78 is 31.2. The number of morpholine rings is 1. The van der Waals surface area contributed by atoms with Crippen LogP contribution in [0.25, 0.3) is 0 Å². The summed E-state index contributed by atoms with van der Waals surface area (Å²) in [4.78, 5) is 3.63. The van der Waals surface area contributed by atoms with Gasteiger partial charge in [0, 0.05) is 25.7 Å². The smallest absolute Gasteiger partial charge is 0.168 e. The molecule has 0 spiro atoms. The molecule has 2 heterocycles. The van der Waals surface area contributed by atoms with Gasteiger partial charge in [0.2, 0.25) is 0 Å². The summed E-state index contributed by atoms with van der Waals surface area (Å²) in [6.07, 6.45) is 0.964. The summed E-state index contributed by atoms with van der Waals surface area (Å²) in [6.45, 7) is 2.64. The van der Waals surface area contributed by atoms with Gasteiger partial charge >= 0.3 is 0 Å². The fourth-order valence-electron chi connectivity index (χ4n) is 1.51. The summed E-state index contributed by atoms with van der Waals surface area (Å²) in [5.74, 6) is -1.32. The molecule has 0 amide bonds. The maximum absolute atomic E-state index is 13.2. The van der Waals surface area contributed by atoms with Crippen molar-refractivity contribution >= 4 is 5.82 Å². The Morgan fingerprint density at radius 3 is 3.12 bits per heavy atom. The van der Waals surface area contributed by atoms with Crippen LogP contribution in [0, 0.1) is 11.6 Å². The van der Waals surface area contributed by atoms with E-state index in [9.17, 15) is 8.78 Å². The zero-order chi connectivity index (χ0) is 11.4. The molecule has 4 nitrogen and oxygen atoms in total. The minimum absolute atomic E-state index is 0.0139. The van der Waals surface area contributed by atoms with E-state index in [1.807, 2.05) is 0 Å². The molecule has 1 fully saturated rings. The molecule has 1 aliphatic heterocycles. The molecule has 1 unspecified atom stereocenters. The summed E-state index contributed by atoms with van der Waals surface area (Å²) in [5, 5.41) is 5.95. The predicted octanol–water partition coefficient (Wildman–Crippen LogP) is 0.760. The van der Waals surface area contributed by atoms with E-state index in [2.05, 4.69) is 15.6 Å². The van der Waals surface area contributed by atoms with E-state index in [0.717, 1.165) is 25.4 Å². The van der Waals surface area contributed by atoms with Crippen molar-refractivity contribution in [1.29, 1.82) is 0 Å². The molecule has 1 atom stereocenters. The number of anilines is 1. The number of nitrogens with one attached hydrogen (secondary N) is 2. The van der Waals surface area contributed by atoms with E-state index in [4.69, 9.17) is 4.74 Å². The number of pyridine rings is 1. The number of ether oxygens (including phenoxy) is 1. The van der Waals surface area contributed by atoms with E-state index in [0.29, 0.717) is 13.2 Å². The zero-order valence-corrected chi connectivity index (χ0v) is 8.67. The molecule has 1 aromatic heterocycles. The van der Waals surface area contributed by atoms with Gasteiger partial charge in [-0.3, -0.25) is 0 Å². The van der Waals surface area contributed by atoms with Crippen molar-refractivity contribution < 1.29 is 13.5 Å². The Kier molecular flexibility index (Phi) is 3.63. The Bertz CT molecular complexity index is 356. The molecule has 0 aliphatic carbocycles. The van der Waals surface area contributed by atoms with E-state index < -0.39 is 11.6 Å². The first kappa shape index (κ1) is 11.2. The molecular formula is C10H13F2N3O. The van der Waals surface area contributed by atoms with E-state index in [1.54, 1.807) is 0 Å². The van der Waals surface area contributed by atoms with Gasteiger partial charge in [0.25, 0.3) is 0 Å². The molecule has 2 N–H and O–H groups in total. The van der Waals surface area contributed by atoms with Crippen molar-refractivity contribution in [3.63, 3.8) is 0 Å². The molecule has 2 rings (SSSR count). The Labute approximate surface area is 92.0 Å². The molecule has 0 bridgehead atoms. The van der Waals surface area contributed by atoms with Crippen LogP contribution in [0.1, 0.15) is 0 Å². The average molecular weight is 229 g/mol. The van der Waals surface area contributed by atoms with Crippen LogP contribution in [0.5, 0.6) is 0 Å². The van der Waals surface area contributed by atoms with Crippen LogP contribution in [-0.4, -0.2) is 37.3 Å². The lowest BCUT2D eigenvalue weighted by atomic mass is 10.3. The Morgan fingerprint density at radius 1 is 1.56 bits per heavy atom. The molecule has 1 saturated heterocycles. The highest BCUT2D eigenvalue weighted by molar-refractivity contribution is 5.35. The van der Waals surface area contributed by atoms with Gasteiger partial charge in [-0.2, -0.15) is 0 Å². The first-order valence-electron chi connectivity index (χ1n) is 5.13. The molecule has 6 heteroatoms. The van der Waals surface area contributed by atoms with Gasteiger partial charge in [0.15, 0.2) is 11.6 Å². The highest BCUT2D eigenvalue weighted by atomic mass is 19.1. The lowest BCUT2D eigenvalue weighted by molar-refractivity contribution is 0.0371. The summed E-state index contributed by atoms with van der Waals surface area (Å²) in [5.41, 5.74) is 0. The van der Waals surface area contributed by atoms with Gasteiger partial charge in [0.1, 0.15) is 5.82 Å². The molecule has 0 aromatic carbocycles. The van der Waals surface area contributed by atoms with Crippen molar-refractivity contribution in [3.8, 4) is 0 Å². The molecule has 0 radical (unpaired) electrons. The van der Waals surface area contributed by atoms with Gasteiger partial charge in [-0.05, 0) is 0 Å². The predicted molar refractivity (Wildman–Crippen MR) is 55.3 cm³/mol. The first-order chi connectivity index (χ1) is 7.75. The fraction of sp³-hybridized carbons (Fsp3) is 0.500. The molecule has 0 saturated carbocycles. The number of hydrogen-bond acceptors (Lipinski definition) is 4. The van der Waals surface area contributed by atoms with E-state index >= 15 is 0 Å². The number of nitrogens with zero attached hydrogens (tertiary/aromatic N) is 1. The second kappa shape index (κ2) is 5.18. The second-order valence-corrected chi connectivity index (χ2v) is 3.56. The van der Waals surface area contributed by atoms with Crippen molar-refractivity contribution in [2.75, 3.05) is 31.6 Å². The highest BCUT2D eigenvalue weighted by Gasteiger charge is 2.14. The van der Waals surface area contributed by atoms with E-state index in [1.165, 1.54) is 0 Å². The molecule has 88 valence electrons. The average Bonchev–Trinajstić information content (AvgIpc) is 2.29. The van der Waals surface area contributed by atoms with Crippen LogP contribution < -0.4 is 10.6 Å². The third-order valence-corrected chi connectivity index (χ3v) is 2.31. The monoisotopic (exact) mass is 229 g/mol. The quantitative estimate of drug-likeness (QED) is 0.803. The van der Waals surface area contributed by atoms with Crippen LogP contribution in [0.2, 0.25) is 0 Å². The molecular weight excluding hydrogens is 216 g/mol. The maximum Gasteiger partial charge on any atom is 0.168 e. The fourth-order valence-corrected chi connectivity index (χ4v) is 1.51. The Morgan fingerprint density at radius 2 is 2.44 bits per heavy atom. The molecule has 1 aromatic rings. The van der Waals surface area contributed by atoms with Crippen molar-refractivity contribution in [2.45, 2.75) is 6.10 Å². The second-order valence-electron chi connectivity index (χ2n) is 3.56. The largest absolute Gasteiger partial charge is 0.374 e. The van der Waals surface area contributed by atoms with Crippen LogP contribution in [-0.2, 0) is 4.74 Å². The minimum atomic E-state index is -0.691. The first-order valence-corrected chi connectivity index (χ1v) is 5.13. The van der Waals surface area contributed by atoms with Gasteiger partial charge in [-0.25, -0.2) is 13.8 Å². The number of hydrogen-bond donors (Lipinski definition) is 2. The normalized spacial score (nSPS) is 20.8. The third kappa shape index (κ3) is 2.86. The maximum atomic E-state index is 13.2. The van der Waals surface area contributed by atoms with Crippen LogP contribution in [0.15, 0.2) is 12.3 Å². The SMILES string of the molecule is Fc1cnc(NCC2CNCCO2)c(F)c1. The summed E-state index contributed by atoms with van der Waals surface area (Å²) in [6, 6.07) is 0.801. The summed E-state index contributed by atoms with van der Waals surface area (Å²) >= 11 is 0. The molecule has 1 aliphatic rings. The van der Waals surface area contributed by atoms with Gasteiger partial charge in [0.05, 0.1) is 18.9 Å². The lowest BCUT2D eigenvalue weighted by Crippen LogP contribution is -2.42. The Hall–Kier alpha value is -1.27. The van der Waals surface area contributed by atoms with Crippen LogP contribution in [0.3, 0.4) is 0 Å². The van der Waals surface area contributed by atoms with Crippen molar-refractivity contribution in [1.82, 2.24) is 10.3 Å². The number of rotatable bonds is 3. The van der Waals surface area contributed by atoms with Crippen LogP contribution >= 0.6 is 0 Å². The number of halogens is 2. The topological polar surface area (TPSA) is 46.2 Å². The number of aromatic nitrogens is 1. The highest BCUT2D eigenvalue weighted by Crippen LogP contribution is 2.11. The van der Waals surface area contributed by atoms with Gasteiger partial charge in [-0.1, -0.05) is 0 Å². The molecule has 16 heavy (non-hydrogen) atoms. The van der Waals surface area contributed by atoms with Crippen molar-refractivity contribution in [2.24, 2.45) is 0 Å². The summed E-state index contributed by atoms with van der Waals surface area (Å²) in [7, 11) is 0. The van der Waals surface area contributed by atoms with E-state index in [-0.39, 0.29) is 11.9 Å².